The van der Waals surface area contributed by atoms with Crippen LogP contribution >= 0.6 is 34.8 Å². The van der Waals surface area contributed by atoms with Gasteiger partial charge in [0.15, 0.2) is 0 Å². The van der Waals surface area contributed by atoms with Crippen LogP contribution in [0.15, 0.2) is 36.4 Å². The number of anilines is 1. The average molecular weight is 431 g/mol. The van der Waals surface area contributed by atoms with Crippen LogP contribution in [0.25, 0.3) is 0 Å². The molecule has 0 aliphatic rings. The maximum atomic E-state index is 13.1. The molecule has 0 aliphatic heterocycles. The minimum Gasteiger partial charge on any atom is -0.508 e. The zero-order valence-electron chi connectivity index (χ0n) is 14.9. The molecule has 0 unspecified atom stereocenters. The Kier molecular flexibility index (Phi) is 6.63. The fraction of sp³-hybridized carbons (Fsp3) is 0.263. The van der Waals surface area contributed by atoms with Crippen LogP contribution in [-0.2, 0) is 9.53 Å². The van der Waals surface area contributed by atoms with Gasteiger partial charge >= 0.3 is 5.97 Å². The summed E-state index contributed by atoms with van der Waals surface area (Å²) in [6.45, 7) is 4.77. The maximum absolute atomic E-state index is 13.1. The van der Waals surface area contributed by atoms with E-state index < -0.39 is 24.0 Å². The molecule has 1 N–H and O–H groups in total. The number of nitrogens with zero attached hydrogens (tertiary/aromatic N) is 1. The molecule has 1 amide bonds. The Hall–Kier alpha value is -1.95. The first-order chi connectivity index (χ1) is 12.5. The normalized spacial score (nSPS) is 11.2. The highest BCUT2D eigenvalue weighted by Crippen LogP contribution is 2.32. The lowest BCUT2D eigenvalue weighted by molar-refractivity contribution is -0.152. The second-order valence-electron chi connectivity index (χ2n) is 6.74. The molecule has 0 heterocycles. The molecule has 2 aromatic rings. The Morgan fingerprint density at radius 3 is 2.19 bits per heavy atom. The van der Waals surface area contributed by atoms with Gasteiger partial charge < -0.3 is 9.84 Å². The predicted molar refractivity (Wildman–Crippen MR) is 107 cm³/mol. The molecule has 5 nitrogen and oxygen atoms in total. The smallest absolute Gasteiger partial charge is 0.326 e. The van der Waals surface area contributed by atoms with Crippen molar-refractivity contribution < 1.29 is 19.4 Å². The number of carbonyl (C=O) groups is 2. The molecular formula is C19H18Cl3NO4. The molecule has 0 spiro atoms. The minimum atomic E-state index is -0.722. The van der Waals surface area contributed by atoms with Crippen LogP contribution in [0.5, 0.6) is 5.75 Å². The lowest BCUT2D eigenvalue weighted by atomic mass is 10.1. The van der Waals surface area contributed by atoms with E-state index in [-0.39, 0.29) is 32.1 Å². The van der Waals surface area contributed by atoms with Crippen LogP contribution in [0, 0.1) is 0 Å². The van der Waals surface area contributed by atoms with E-state index in [1.807, 2.05) is 0 Å². The van der Waals surface area contributed by atoms with Gasteiger partial charge in [-0.15, -0.1) is 0 Å². The third-order valence-electron chi connectivity index (χ3n) is 3.31. The number of phenols is 1. The summed E-state index contributed by atoms with van der Waals surface area (Å²) in [7, 11) is 0. The molecule has 0 fully saturated rings. The van der Waals surface area contributed by atoms with Gasteiger partial charge in [0.2, 0.25) is 0 Å². The van der Waals surface area contributed by atoms with E-state index in [0.717, 1.165) is 4.90 Å². The van der Waals surface area contributed by atoms with Gasteiger partial charge in [-0.1, -0.05) is 40.9 Å². The molecular weight excluding hydrogens is 413 g/mol. The van der Waals surface area contributed by atoms with Crippen molar-refractivity contribution >= 4 is 52.4 Å². The molecule has 0 saturated carbocycles. The lowest BCUT2D eigenvalue weighted by Crippen LogP contribution is -2.39. The zero-order chi connectivity index (χ0) is 20.4. The molecule has 2 rings (SSSR count). The maximum Gasteiger partial charge on any atom is 0.326 e. The molecule has 0 saturated heterocycles. The number of carbonyl (C=O) groups excluding carboxylic acids is 2. The number of ether oxygens (including phenoxy) is 1. The number of hydrogen-bond donors (Lipinski definition) is 1. The predicted octanol–water partition coefficient (Wildman–Crippen LogP) is 5.34. The Balaban J connectivity index is 2.46. The molecule has 0 aliphatic carbocycles. The highest BCUT2D eigenvalue weighted by molar-refractivity contribution is 6.42. The molecule has 0 aromatic heterocycles. The highest BCUT2D eigenvalue weighted by Gasteiger charge is 2.27. The van der Waals surface area contributed by atoms with Crippen LogP contribution in [0.2, 0.25) is 15.1 Å². The summed E-state index contributed by atoms with van der Waals surface area (Å²) in [5, 5.41) is 10.1. The molecule has 0 atom stereocenters. The van der Waals surface area contributed by atoms with Gasteiger partial charge in [0, 0.05) is 16.8 Å². The molecule has 8 heteroatoms. The number of amides is 1. The van der Waals surface area contributed by atoms with E-state index in [1.165, 1.54) is 24.3 Å². The van der Waals surface area contributed by atoms with Crippen molar-refractivity contribution in [2.45, 2.75) is 26.4 Å². The summed E-state index contributed by atoms with van der Waals surface area (Å²) in [4.78, 5) is 26.6. The van der Waals surface area contributed by atoms with Crippen molar-refractivity contribution in [2.75, 3.05) is 11.4 Å². The van der Waals surface area contributed by atoms with Crippen molar-refractivity contribution in [3.63, 3.8) is 0 Å². The quantitative estimate of drug-likeness (QED) is 0.665. The van der Waals surface area contributed by atoms with Crippen LogP contribution < -0.4 is 4.90 Å². The average Bonchev–Trinajstić information content (AvgIpc) is 2.49. The topological polar surface area (TPSA) is 66.8 Å². The van der Waals surface area contributed by atoms with Crippen LogP contribution in [0.1, 0.15) is 31.1 Å². The number of halogens is 3. The summed E-state index contributed by atoms with van der Waals surface area (Å²) in [6.07, 6.45) is 0. The van der Waals surface area contributed by atoms with Gasteiger partial charge in [-0.25, -0.2) is 0 Å². The molecule has 0 radical (unpaired) electrons. The first kappa shape index (κ1) is 21.4. The van der Waals surface area contributed by atoms with Crippen LogP contribution in [0.4, 0.5) is 5.69 Å². The van der Waals surface area contributed by atoms with E-state index in [2.05, 4.69) is 0 Å². The number of hydrogen-bond acceptors (Lipinski definition) is 4. The van der Waals surface area contributed by atoms with Gasteiger partial charge in [0.25, 0.3) is 5.91 Å². The third kappa shape index (κ3) is 5.76. The van der Waals surface area contributed by atoms with E-state index in [0.29, 0.717) is 0 Å². The number of esters is 1. The van der Waals surface area contributed by atoms with Gasteiger partial charge in [0.05, 0.1) is 15.6 Å². The summed E-state index contributed by atoms with van der Waals surface area (Å²) >= 11 is 18.2. The zero-order valence-corrected chi connectivity index (χ0v) is 17.2. The fourth-order valence-corrected chi connectivity index (χ4v) is 3.30. The van der Waals surface area contributed by atoms with Crippen LogP contribution in [0.3, 0.4) is 0 Å². The minimum absolute atomic E-state index is 0.00497. The van der Waals surface area contributed by atoms with Gasteiger partial charge in [-0.05, 0) is 45.0 Å². The van der Waals surface area contributed by atoms with Gasteiger partial charge in [0.1, 0.15) is 17.9 Å². The van der Waals surface area contributed by atoms with E-state index in [4.69, 9.17) is 39.5 Å². The van der Waals surface area contributed by atoms with Crippen molar-refractivity contribution in [2.24, 2.45) is 0 Å². The van der Waals surface area contributed by atoms with Crippen molar-refractivity contribution in [1.82, 2.24) is 0 Å². The second kappa shape index (κ2) is 8.38. The molecule has 0 bridgehead atoms. The van der Waals surface area contributed by atoms with Gasteiger partial charge in [-0.2, -0.15) is 0 Å². The lowest BCUT2D eigenvalue weighted by Gasteiger charge is -2.26. The second-order valence-corrected chi connectivity index (χ2v) is 7.99. The number of phenolic OH excluding ortho intramolecular Hbond substituents is 1. The standard InChI is InChI=1S/C19H18Cl3NO4/c1-19(2,3)27-16(25)10-23(12-5-4-6-13(24)9-12)18(26)17-14(21)7-11(20)8-15(17)22/h4-9,24H,10H2,1-3H3. The Bertz CT molecular complexity index is 854. The number of aromatic hydroxyl groups is 1. The first-order valence-electron chi connectivity index (χ1n) is 7.95. The Labute approximate surface area is 172 Å². The van der Waals surface area contributed by atoms with Gasteiger partial charge in [-0.3, -0.25) is 14.5 Å². The molecule has 2 aromatic carbocycles. The van der Waals surface area contributed by atoms with Crippen molar-refractivity contribution in [3.8, 4) is 5.75 Å². The molecule has 27 heavy (non-hydrogen) atoms. The summed E-state index contributed by atoms with van der Waals surface area (Å²) < 4.78 is 5.30. The Morgan fingerprint density at radius 1 is 1.07 bits per heavy atom. The largest absolute Gasteiger partial charge is 0.508 e. The van der Waals surface area contributed by atoms with E-state index in [9.17, 15) is 14.7 Å². The van der Waals surface area contributed by atoms with E-state index in [1.54, 1.807) is 32.9 Å². The monoisotopic (exact) mass is 429 g/mol. The highest BCUT2D eigenvalue weighted by atomic mass is 35.5. The summed E-state index contributed by atoms with van der Waals surface area (Å²) in [5.74, 6) is -1.32. The van der Waals surface area contributed by atoms with Crippen molar-refractivity contribution in [3.05, 3.63) is 57.0 Å². The van der Waals surface area contributed by atoms with Crippen molar-refractivity contribution in [1.29, 1.82) is 0 Å². The first-order valence-corrected chi connectivity index (χ1v) is 9.08. The van der Waals surface area contributed by atoms with E-state index >= 15 is 0 Å². The van der Waals surface area contributed by atoms with Crippen LogP contribution in [-0.4, -0.2) is 29.1 Å². The number of benzene rings is 2. The third-order valence-corrected chi connectivity index (χ3v) is 4.13. The summed E-state index contributed by atoms with van der Waals surface area (Å²) in [6, 6.07) is 8.68. The Morgan fingerprint density at radius 2 is 1.67 bits per heavy atom. The molecule has 144 valence electrons. The SMILES string of the molecule is CC(C)(C)OC(=O)CN(C(=O)c1c(Cl)cc(Cl)cc1Cl)c1cccc(O)c1. The number of rotatable bonds is 4. The fourth-order valence-electron chi connectivity index (χ4n) is 2.33. The summed E-state index contributed by atoms with van der Waals surface area (Å²) in [5.41, 5.74) is -0.442.